The summed E-state index contributed by atoms with van der Waals surface area (Å²) >= 11 is 0. The van der Waals surface area contributed by atoms with Gasteiger partial charge in [-0.2, -0.15) is 0 Å². The van der Waals surface area contributed by atoms with Gasteiger partial charge >= 0.3 is 0 Å². The van der Waals surface area contributed by atoms with Crippen LogP contribution >= 0.6 is 0 Å². The normalized spacial score (nSPS) is 14.5. The van der Waals surface area contributed by atoms with Crippen LogP contribution in [0.2, 0.25) is 0 Å². The van der Waals surface area contributed by atoms with Crippen LogP contribution in [0.3, 0.4) is 0 Å². The molecule has 250 valence electrons. The van der Waals surface area contributed by atoms with E-state index < -0.39 is 5.41 Å². The van der Waals surface area contributed by atoms with Crippen molar-refractivity contribution in [3.8, 4) is 28.7 Å². The standard InChI is InChI=1S/C42H58O4/c1-11-41(9,25-15-21-32(7)19-13-17-30(3)4)34-23-24-36(43)38(28-34)46-39-29-35(27-37(44)40(39)45)42(10,12-2)26-16-22-33(8)20-14-18-31(5)6/h11-12,17-18,21-24,27-29,43-45H,1-2,13-16,19-20,25-26H2,3-10H3/t41-,42+/m0/s1. The van der Waals surface area contributed by atoms with Crippen molar-refractivity contribution in [2.24, 2.45) is 0 Å². The van der Waals surface area contributed by atoms with Crippen LogP contribution in [0.15, 0.2) is 102 Å². The van der Waals surface area contributed by atoms with Gasteiger partial charge in [-0.1, -0.05) is 78.7 Å². The lowest BCUT2D eigenvalue weighted by Crippen LogP contribution is -2.19. The largest absolute Gasteiger partial charge is 0.504 e. The van der Waals surface area contributed by atoms with Crippen molar-refractivity contribution in [1.29, 1.82) is 0 Å². The third kappa shape index (κ3) is 11.5. The molecule has 0 radical (unpaired) electrons. The van der Waals surface area contributed by atoms with Crippen LogP contribution in [0.25, 0.3) is 0 Å². The van der Waals surface area contributed by atoms with E-state index in [2.05, 4.69) is 92.9 Å². The number of rotatable bonds is 18. The summed E-state index contributed by atoms with van der Waals surface area (Å²) in [4.78, 5) is 0. The van der Waals surface area contributed by atoms with E-state index in [0.29, 0.717) is 0 Å². The molecule has 0 aliphatic rings. The molecule has 0 saturated carbocycles. The fraction of sp³-hybridized carbons (Fsp3) is 0.429. The van der Waals surface area contributed by atoms with Crippen molar-refractivity contribution in [2.75, 3.05) is 0 Å². The summed E-state index contributed by atoms with van der Waals surface area (Å²) in [5, 5.41) is 32.3. The lowest BCUT2D eigenvalue weighted by atomic mass is 9.78. The van der Waals surface area contributed by atoms with Crippen LogP contribution in [0.1, 0.15) is 118 Å². The zero-order valence-electron chi connectivity index (χ0n) is 29.7. The predicted molar refractivity (Wildman–Crippen MR) is 196 cm³/mol. The highest BCUT2D eigenvalue weighted by molar-refractivity contribution is 5.57. The van der Waals surface area contributed by atoms with Gasteiger partial charge in [-0.3, -0.25) is 0 Å². The summed E-state index contributed by atoms with van der Waals surface area (Å²) < 4.78 is 6.13. The maximum absolute atomic E-state index is 10.8. The summed E-state index contributed by atoms with van der Waals surface area (Å²) in [6, 6.07) is 8.57. The molecular weight excluding hydrogens is 568 g/mol. The molecule has 0 fully saturated rings. The number of aromatic hydroxyl groups is 3. The third-order valence-electron chi connectivity index (χ3n) is 8.95. The minimum absolute atomic E-state index is 0.0605. The van der Waals surface area contributed by atoms with Crippen LogP contribution in [0.5, 0.6) is 28.7 Å². The van der Waals surface area contributed by atoms with E-state index in [0.717, 1.165) is 62.5 Å². The molecule has 0 amide bonds. The number of phenols is 3. The second-order valence-corrected chi connectivity index (χ2v) is 13.7. The summed E-state index contributed by atoms with van der Waals surface area (Å²) in [5.74, 6) is -0.461. The molecule has 0 aromatic heterocycles. The second-order valence-electron chi connectivity index (χ2n) is 13.7. The van der Waals surface area contributed by atoms with Crippen molar-refractivity contribution in [2.45, 2.75) is 118 Å². The van der Waals surface area contributed by atoms with Crippen LogP contribution in [0.4, 0.5) is 0 Å². The molecule has 0 aliphatic heterocycles. The van der Waals surface area contributed by atoms with Crippen LogP contribution < -0.4 is 4.74 Å². The first-order valence-corrected chi connectivity index (χ1v) is 16.6. The molecule has 0 heterocycles. The Balaban J connectivity index is 2.29. The Hall–Kier alpha value is -3.92. The van der Waals surface area contributed by atoms with Crippen LogP contribution in [-0.4, -0.2) is 15.3 Å². The highest BCUT2D eigenvalue weighted by Gasteiger charge is 2.27. The summed E-state index contributed by atoms with van der Waals surface area (Å²) in [6.45, 7) is 25.2. The smallest absolute Gasteiger partial charge is 0.201 e. The molecule has 0 bridgehead atoms. The number of hydrogen-bond acceptors (Lipinski definition) is 4. The van der Waals surface area contributed by atoms with Gasteiger partial charge < -0.3 is 20.1 Å². The Morgan fingerprint density at radius 1 is 0.630 bits per heavy atom. The van der Waals surface area contributed by atoms with E-state index in [4.69, 9.17) is 4.74 Å². The molecule has 0 unspecified atom stereocenters. The van der Waals surface area contributed by atoms with Gasteiger partial charge in [-0.05, 0) is 128 Å². The van der Waals surface area contributed by atoms with Crippen molar-refractivity contribution < 1.29 is 20.1 Å². The fourth-order valence-electron chi connectivity index (χ4n) is 5.42. The Bertz CT molecular complexity index is 1460. The fourth-order valence-corrected chi connectivity index (χ4v) is 5.42. The average Bonchev–Trinajstić information content (AvgIpc) is 2.99. The van der Waals surface area contributed by atoms with Crippen molar-refractivity contribution >= 4 is 0 Å². The average molecular weight is 627 g/mol. The van der Waals surface area contributed by atoms with Crippen molar-refractivity contribution in [1.82, 2.24) is 0 Å². The molecular formula is C42H58O4. The van der Waals surface area contributed by atoms with E-state index in [9.17, 15) is 15.3 Å². The zero-order chi connectivity index (χ0) is 34.5. The molecule has 2 rings (SSSR count). The maximum Gasteiger partial charge on any atom is 0.201 e. The number of allylic oxidation sites excluding steroid dienone is 10. The number of phenolic OH excluding ortho intramolecular Hbond substituents is 3. The van der Waals surface area contributed by atoms with Gasteiger partial charge in [-0.25, -0.2) is 0 Å². The predicted octanol–water partition coefficient (Wildman–Crippen LogP) is 12.4. The number of hydrogen-bond donors (Lipinski definition) is 3. The Morgan fingerprint density at radius 3 is 1.59 bits per heavy atom. The van der Waals surface area contributed by atoms with Gasteiger partial charge in [0.25, 0.3) is 0 Å². The van der Waals surface area contributed by atoms with Gasteiger partial charge in [0.1, 0.15) is 0 Å². The topological polar surface area (TPSA) is 69.9 Å². The van der Waals surface area contributed by atoms with Gasteiger partial charge in [0.05, 0.1) is 0 Å². The molecule has 2 atom stereocenters. The first-order chi connectivity index (χ1) is 21.6. The lowest BCUT2D eigenvalue weighted by molar-refractivity contribution is 0.359. The number of benzene rings is 2. The highest BCUT2D eigenvalue weighted by Crippen LogP contribution is 2.46. The molecule has 0 aliphatic carbocycles. The molecule has 4 heteroatoms. The van der Waals surface area contributed by atoms with Crippen molar-refractivity contribution in [3.05, 3.63) is 113 Å². The van der Waals surface area contributed by atoms with Gasteiger partial charge in [0, 0.05) is 10.8 Å². The Morgan fingerprint density at radius 2 is 1.11 bits per heavy atom. The summed E-state index contributed by atoms with van der Waals surface area (Å²) in [7, 11) is 0. The van der Waals surface area contributed by atoms with Crippen LogP contribution in [-0.2, 0) is 10.8 Å². The third-order valence-corrected chi connectivity index (χ3v) is 8.95. The lowest BCUT2D eigenvalue weighted by Gasteiger charge is -2.28. The van der Waals surface area contributed by atoms with Gasteiger partial charge in [-0.15, -0.1) is 13.2 Å². The Labute approximate surface area is 279 Å². The molecule has 2 aromatic carbocycles. The van der Waals surface area contributed by atoms with E-state index in [1.165, 1.54) is 22.3 Å². The second kappa shape index (κ2) is 17.7. The van der Waals surface area contributed by atoms with Gasteiger partial charge in [0.15, 0.2) is 23.0 Å². The van der Waals surface area contributed by atoms with E-state index in [1.54, 1.807) is 24.3 Å². The molecule has 46 heavy (non-hydrogen) atoms. The minimum atomic E-state index is -0.484. The molecule has 4 nitrogen and oxygen atoms in total. The molecule has 0 saturated heterocycles. The van der Waals surface area contributed by atoms with Crippen molar-refractivity contribution in [3.63, 3.8) is 0 Å². The van der Waals surface area contributed by atoms with E-state index >= 15 is 0 Å². The SMILES string of the molecule is C=C[C@@](C)(CCC=C(C)CCC=C(C)C)c1ccc(O)c(Oc2cc([C@](C)(C=C)CCC=C(C)CCC=C(C)C)cc(O)c2O)c1. The van der Waals surface area contributed by atoms with E-state index in [1.807, 2.05) is 18.2 Å². The first kappa shape index (κ1) is 38.3. The molecule has 3 N–H and O–H groups in total. The first-order valence-electron chi connectivity index (χ1n) is 16.6. The molecule has 0 spiro atoms. The minimum Gasteiger partial charge on any atom is -0.504 e. The maximum atomic E-state index is 10.8. The Kier molecular flexibility index (Phi) is 14.7. The van der Waals surface area contributed by atoms with Gasteiger partial charge in [0.2, 0.25) is 5.75 Å². The quantitative estimate of drug-likeness (QED) is 0.114. The monoisotopic (exact) mass is 626 g/mol. The number of ether oxygens (including phenoxy) is 1. The van der Waals surface area contributed by atoms with E-state index in [-0.39, 0.29) is 34.2 Å². The zero-order valence-corrected chi connectivity index (χ0v) is 29.7. The summed E-state index contributed by atoms with van der Waals surface area (Å²) in [6.07, 6.45) is 20.4. The molecule has 2 aromatic rings. The van der Waals surface area contributed by atoms with Crippen LogP contribution in [0, 0.1) is 0 Å². The summed E-state index contributed by atoms with van der Waals surface area (Å²) in [5.41, 5.74) is 6.23. The highest BCUT2D eigenvalue weighted by atomic mass is 16.5.